The predicted molar refractivity (Wildman–Crippen MR) is 107 cm³/mol. The molecule has 0 heterocycles. The van der Waals surface area contributed by atoms with Gasteiger partial charge in [0.2, 0.25) is 0 Å². The Labute approximate surface area is 167 Å². The molecule has 2 nitrogen and oxygen atoms in total. The zero-order chi connectivity index (χ0) is 21.0. The standard InChI is InChI=1S/C24H21F3O2/c1-2-3-4-5-15-6-8-16(9-7-15)19-11-10-17(24(28)29)12-20(19)18-13-21(25)23(27)22(26)14-18/h6-14H,2-5H2,1H3,(H,28,29). The van der Waals surface area contributed by atoms with Gasteiger partial charge in [0, 0.05) is 0 Å². The summed E-state index contributed by atoms with van der Waals surface area (Å²) in [7, 11) is 0. The van der Waals surface area contributed by atoms with E-state index in [2.05, 4.69) is 6.92 Å². The molecule has 0 bridgehead atoms. The lowest BCUT2D eigenvalue weighted by molar-refractivity contribution is 0.0697. The highest BCUT2D eigenvalue weighted by Crippen LogP contribution is 2.34. The Balaban J connectivity index is 2.06. The summed E-state index contributed by atoms with van der Waals surface area (Å²) < 4.78 is 41.0. The third-order valence-corrected chi connectivity index (χ3v) is 4.90. The van der Waals surface area contributed by atoms with Crippen molar-refractivity contribution in [2.75, 3.05) is 0 Å². The number of carboxylic acids is 1. The third kappa shape index (κ3) is 4.67. The van der Waals surface area contributed by atoms with Crippen molar-refractivity contribution in [2.24, 2.45) is 0 Å². The van der Waals surface area contributed by atoms with Crippen LogP contribution in [-0.2, 0) is 6.42 Å². The largest absolute Gasteiger partial charge is 0.478 e. The molecule has 3 rings (SSSR count). The molecule has 3 aromatic carbocycles. The summed E-state index contributed by atoms with van der Waals surface area (Å²) in [5.74, 6) is -5.36. The van der Waals surface area contributed by atoms with Crippen LogP contribution in [-0.4, -0.2) is 11.1 Å². The lowest BCUT2D eigenvalue weighted by Gasteiger charge is -2.13. The van der Waals surface area contributed by atoms with E-state index < -0.39 is 23.4 Å². The molecule has 0 unspecified atom stereocenters. The summed E-state index contributed by atoms with van der Waals surface area (Å²) in [6.07, 6.45) is 4.36. The van der Waals surface area contributed by atoms with E-state index in [0.717, 1.165) is 43.4 Å². The summed E-state index contributed by atoms with van der Waals surface area (Å²) in [4.78, 5) is 11.4. The molecule has 0 aliphatic rings. The summed E-state index contributed by atoms with van der Waals surface area (Å²) in [5, 5.41) is 9.30. The van der Waals surface area contributed by atoms with Crippen LogP contribution < -0.4 is 0 Å². The van der Waals surface area contributed by atoms with Gasteiger partial charge in [-0.05, 0) is 64.9 Å². The number of unbranched alkanes of at least 4 members (excludes halogenated alkanes) is 2. The summed E-state index contributed by atoms with van der Waals surface area (Å²) in [5.41, 5.74) is 2.95. The summed E-state index contributed by atoms with van der Waals surface area (Å²) >= 11 is 0. The van der Waals surface area contributed by atoms with Crippen molar-refractivity contribution in [3.8, 4) is 22.3 Å². The second-order valence-electron chi connectivity index (χ2n) is 6.97. The molecule has 0 amide bonds. The van der Waals surface area contributed by atoms with Crippen LogP contribution in [0, 0.1) is 17.5 Å². The van der Waals surface area contributed by atoms with Gasteiger partial charge in [-0.1, -0.05) is 50.1 Å². The van der Waals surface area contributed by atoms with E-state index in [1.165, 1.54) is 17.7 Å². The van der Waals surface area contributed by atoms with Crippen LogP contribution in [0.1, 0.15) is 42.1 Å². The molecule has 0 aliphatic heterocycles. The normalized spacial score (nSPS) is 10.9. The number of halogens is 3. The first kappa shape index (κ1) is 20.6. The molecule has 0 saturated carbocycles. The van der Waals surface area contributed by atoms with Crippen LogP contribution in [0.2, 0.25) is 0 Å². The van der Waals surface area contributed by atoms with E-state index in [-0.39, 0.29) is 11.1 Å². The van der Waals surface area contributed by atoms with E-state index in [1.54, 1.807) is 6.07 Å². The lowest BCUT2D eigenvalue weighted by atomic mass is 9.92. The topological polar surface area (TPSA) is 37.3 Å². The fraction of sp³-hybridized carbons (Fsp3) is 0.208. The molecule has 0 saturated heterocycles. The first-order valence-corrected chi connectivity index (χ1v) is 9.52. The molecule has 0 aromatic heterocycles. The first-order valence-electron chi connectivity index (χ1n) is 9.52. The lowest BCUT2D eigenvalue weighted by Crippen LogP contribution is -1.99. The minimum Gasteiger partial charge on any atom is -0.478 e. The van der Waals surface area contributed by atoms with E-state index in [4.69, 9.17) is 0 Å². The van der Waals surface area contributed by atoms with Crippen molar-refractivity contribution in [1.82, 2.24) is 0 Å². The molecule has 0 atom stereocenters. The third-order valence-electron chi connectivity index (χ3n) is 4.90. The molecule has 29 heavy (non-hydrogen) atoms. The number of aryl methyl sites for hydroxylation is 1. The van der Waals surface area contributed by atoms with Crippen LogP contribution in [0.5, 0.6) is 0 Å². The Morgan fingerprint density at radius 3 is 2.07 bits per heavy atom. The fourth-order valence-corrected chi connectivity index (χ4v) is 3.31. The van der Waals surface area contributed by atoms with Crippen molar-refractivity contribution in [2.45, 2.75) is 32.6 Å². The molecule has 0 spiro atoms. The number of hydrogen-bond donors (Lipinski definition) is 1. The van der Waals surface area contributed by atoms with Crippen molar-refractivity contribution in [3.05, 3.63) is 83.2 Å². The van der Waals surface area contributed by atoms with E-state index in [9.17, 15) is 23.1 Å². The second kappa shape index (κ2) is 8.95. The van der Waals surface area contributed by atoms with Gasteiger partial charge in [0.25, 0.3) is 0 Å². The van der Waals surface area contributed by atoms with Crippen LogP contribution in [0.3, 0.4) is 0 Å². The van der Waals surface area contributed by atoms with Gasteiger partial charge < -0.3 is 5.11 Å². The number of rotatable bonds is 7. The fourth-order valence-electron chi connectivity index (χ4n) is 3.31. The molecule has 0 fully saturated rings. The van der Waals surface area contributed by atoms with Gasteiger partial charge in [-0.3, -0.25) is 0 Å². The Bertz CT molecular complexity index is 1000. The minimum absolute atomic E-state index is 0.0231. The van der Waals surface area contributed by atoms with E-state index >= 15 is 0 Å². The van der Waals surface area contributed by atoms with Crippen molar-refractivity contribution in [3.63, 3.8) is 0 Å². The Kier molecular flexibility index (Phi) is 6.37. The van der Waals surface area contributed by atoms with Gasteiger partial charge in [-0.25, -0.2) is 18.0 Å². The van der Waals surface area contributed by atoms with Crippen LogP contribution >= 0.6 is 0 Å². The molecular formula is C24H21F3O2. The Morgan fingerprint density at radius 2 is 1.48 bits per heavy atom. The Morgan fingerprint density at radius 1 is 0.828 bits per heavy atom. The smallest absolute Gasteiger partial charge is 0.335 e. The zero-order valence-corrected chi connectivity index (χ0v) is 16.0. The van der Waals surface area contributed by atoms with Gasteiger partial charge in [-0.15, -0.1) is 0 Å². The number of aromatic carboxylic acids is 1. The van der Waals surface area contributed by atoms with Crippen molar-refractivity contribution < 1.29 is 23.1 Å². The first-order chi connectivity index (χ1) is 13.9. The van der Waals surface area contributed by atoms with E-state index in [1.807, 2.05) is 24.3 Å². The number of benzene rings is 3. The number of carbonyl (C=O) groups is 1. The van der Waals surface area contributed by atoms with Crippen LogP contribution in [0.4, 0.5) is 13.2 Å². The van der Waals surface area contributed by atoms with Crippen LogP contribution in [0.15, 0.2) is 54.6 Å². The zero-order valence-electron chi connectivity index (χ0n) is 16.0. The molecule has 3 aromatic rings. The van der Waals surface area contributed by atoms with Crippen molar-refractivity contribution >= 4 is 5.97 Å². The van der Waals surface area contributed by atoms with Gasteiger partial charge in [0.1, 0.15) is 0 Å². The van der Waals surface area contributed by atoms with Crippen LogP contribution in [0.25, 0.3) is 22.3 Å². The Hall–Kier alpha value is -3.08. The predicted octanol–water partition coefficient (Wildman–Crippen LogP) is 6.87. The molecule has 0 aliphatic carbocycles. The van der Waals surface area contributed by atoms with Gasteiger partial charge in [-0.2, -0.15) is 0 Å². The van der Waals surface area contributed by atoms with E-state index in [0.29, 0.717) is 11.1 Å². The van der Waals surface area contributed by atoms with Gasteiger partial charge in [0.05, 0.1) is 5.56 Å². The molecule has 150 valence electrons. The monoisotopic (exact) mass is 398 g/mol. The number of carboxylic acid groups (broad SMARTS) is 1. The van der Waals surface area contributed by atoms with Crippen molar-refractivity contribution in [1.29, 1.82) is 0 Å². The highest BCUT2D eigenvalue weighted by molar-refractivity contribution is 5.93. The van der Waals surface area contributed by atoms with Gasteiger partial charge >= 0.3 is 5.97 Å². The molecule has 0 radical (unpaired) electrons. The average Bonchev–Trinajstić information content (AvgIpc) is 2.72. The summed E-state index contributed by atoms with van der Waals surface area (Å²) in [6.45, 7) is 2.15. The minimum atomic E-state index is -1.55. The molecular weight excluding hydrogens is 377 g/mol. The highest BCUT2D eigenvalue weighted by atomic mass is 19.2. The SMILES string of the molecule is CCCCCc1ccc(-c2ccc(C(=O)O)cc2-c2cc(F)c(F)c(F)c2)cc1. The quantitative estimate of drug-likeness (QED) is 0.348. The highest BCUT2D eigenvalue weighted by Gasteiger charge is 2.16. The molecule has 1 N–H and O–H groups in total. The van der Waals surface area contributed by atoms with Gasteiger partial charge in [0.15, 0.2) is 17.5 Å². The maximum absolute atomic E-state index is 13.8. The molecule has 5 heteroatoms. The maximum atomic E-state index is 13.8. The summed E-state index contributed by atoms with van der Waals surface area (Å²) in [6, 6.07) is 13.9. The maximum Gasteiger partial charge on any atom is 0.335 e. The average molecular weight is 398 g/mol. The number of hydrogen-bond acceptors (Lipinski definition) is 1. The second-order valence-corrected chi connectivity index (χ2v) is 6.97.